The number of amides is 1. The zero-order valence-corrected chi connectivity index (χ0v) is 13.0. The number of benzene rings is 1. The summed E-state index contributed by atoms with van der Waals surface area (Å²) >= 11 is 0. The number of carbonyl (C=O) groups is 1. The first-order valence-corrected chi connectivity index (χ1v) is 7.29. The number of para-hydroxylation sites is 1. The molecule has 0 N–H and O–H groups in total. The molecule has 0 aliphatic carbocycles. The summed E-state index contributed by atoms with van der Waals surface area (Å²) in [6.45, 7) is 5.16. The van der Waals surface area contributed by atoms with E-state index in [4.69, 9.17) is 9.47 Å². The molecule has 116 valence electrons. The van der Waals surface area contributed by atoms with Crippen LogP contribution in [-0.2, 0) is 9.53 Å². The van der Waals surface area contributed by atoms with Crippen LogP contribution in [0.25, 0.3) is 0 Å². The van der Waals surface area contributed by atoms with Gasteiger partial charge in [-0.2, -0.15) is 0 Å². The minimum atomic E-state index is -0.0323. The van der Waals surface area contributed by atoms with Gasteiger partial charge in [0.05, 0.1) is 12.7 Å². The summed E-state index contributed by atoms with van der Waals surface area (Å²) in [4.78, 5) is 16.0. The number of nitrogens with zero attached hydrogens (tertiary/aromatic N) is 2. The van der Waals surface area contributed by atoms with Crippen LogP contribution in [0.2, 0.25) is 0 Å². The molecule has 1 aromatic rings. The quantitative estimate of drug-likeness (QED) is 0.817. The van der Waals surface area contributed by atoms with E-state index in [0.717, 1.165) is 31.0 Å². The summed E-state index contributed by atoms with van der Waals surface area (Å²) in [7, 11) is 3.86. The minimum Gasteiger partial charge on any atom is -0.484 e. The van der Waals surface area contributed by atoms with Crippen molar-refractivity contribution in [2.24, 2.45) is 0 Å². The van der Waals surface area contributed by atoms with Gasteiger partial charge in [-0.05, 0) is 25.6 Å². The lowest BCUT2D eigenvalue weighted by atomic mass is 10.2. The van der Waals surface area contributed by atoms with Crippen LogP contribution in [0.4, 0.5) is 0 Å². The fourth-order valence-corrected chi connectivity index (χ4v) is 2.35. The second-order valence-electron chi connectivity index (χ2n) is 5.58. The molecule has 1 saturated heterocycles. The first kappa shape index (κ1) is 15.8. The number of rotatable bonds is 5. The van der Waals surface area contributed by atoms with Gasteiger partial charge in [0, 0.05) is 26.7 Å². The highest BCUT2D eigenvalue weighted by Crippen LogP contribution is 2.16. The molecule has 1 fully saturated rings. The molecule has 0 radical (unpaired) electrons. The monoisotopic (exact) mass is 292 g/mol. The van der Waals surface area contributed by atoms with Crippen LogP contribution >= 0.6 is 0 Å². The number of hydrogen-bond donors (Lipinski definition) is 0. The van der Waals surface area contributed by atoms with Crippen molar-refractivity contribution in [3.05, 3.63) is 29.8 Å². The lowest BCUT2D eigenvalue weighted by molar-refractivity contribution is -0.135. The van der Waals surface area contributed by atoms with Crippen molar-refractivity contribution in [2.75, 3.05) is 46.9 Å². The second kappa shape index (κ2) is 7.43. The molecular formula is C16H24N2O3. The van der Waals surface area contributed by atoms with Crippen molar-refractivity contribution in [1.29, 1.82) is 0 Å². The summed E-state index contributed by atoms with van der Waals surface area (Å²) in [5, 5.41) is 0. The molecule has 0 saturated carbocycles. The van der Waals surface area contributed by atoms with Crippen molar-refractivity contribution in [3.63, 3.8) is 0 Å². The molecule has 1 atom stereocenters. The van der Waals surface area contributed by atoms with Gasteiger partial charge in [-0.25, -0.2) is 0 Å². The molecule has 0 spiro atoms. The normalized spacial score (nSPS) is 19.3. The van der Waals surface area contributed by atoms with Gasteiger partial charge in [0.1, 0.15) is 5.75 Å². The first-order chi connectivity index (χ1) is 10.1. The zero-order valence-electron chi connectivity index (χ0n) is 13.0. The standard InChI is InChI=1S/C16H24N2O3/c1-13-6-4-5-7-15(13)21-12-16(19)18(3)11-14-10-17(2)8-9-20-14/h4-7,14H,8-12H2,1-3H3. The van der Waals surface area contributed by atoms with E-state index in [-0.39, 0.29) is 18.6 Å². The number of likely N-dealkylation sites (N-methyl/N-ethyl adjacent to an activating group) is 2. The van der Waals surface area contributed by atoms with E-state index in [1.807, 2.05) is 31.2 Å². The average molecular weight is 292 g/mol. The number of ether oxygens (including phenoxy) is 2. The Hall–Kier alpha value is -1.59. The summed E-state index contributed by atoms with van der Waals surface area (Å²) in [6, 6.07) is 7.70. The maximum Gasteiger partial charge on any atom is 0.260 e. The van der Waals surface area contributed by atoms with Crippen LogP contribution < -0.4 is 4.74 Å². The van der Waals surface area contributed by atoms with Gasteiger partial charge < -0.3 is 19.3 Å². The van der Waals surface area contributed by atoms with E-state index in [1.54, 1.807) is 11.9 Å². The largest absolute Gasteiger partial charge is 0.484 e. The lowest BCUT2D eigenvalue weighted by Gasteiger charge is -2.32. The second-order valence-corrected chi connectivity index (χ2v) is 5.58. The van der Waals surface area contributed by atoms with Gasteiger partial charge in [0.2, 0.25) is 0 Å². The van der Waals surface area contributed by atoms with Crippen LogP contribution in [0.5, 0.6) is 5.75 Å². The lowest BCUT2D eigenvalue weighted by Crippen LogP contribution is -2.47. The average Bonchev–Trinajstić information content (AvgIpc) is 2.46. The summed E-state index contributed by atoms with van der Waals surface area (Å²) in [5.74, 6) is 0.725. The number of hydrogen-bond acceptors (Lipinski definition) is 4. The zero-order chi connectivity index (χ0) is 15.2. The fourth-order valence-electron chi connectivity index (χ4n) is 2.35. The highest BCUT2D eigenvalue weighted by molar-refractivity contribution is 5.77. The van der Waals surface area contributed by atoms with Gasteiger partial charge in [-0.3, -0.25) is 4.79 Å². The van der Waals surface area contributed by atoms with Crippen molar-refractivity contribution in [2.45, 2.75) is 13.0 Å². The molecule has 2 rings (SSSR count). The Bertz CT molecular complexity index is 478. The molecule has 5 heteroatoms. The maximum absolute atomic E-state index is 12.1. The predicted molar refractivity (Wildman–Crippen MR) is 81.5 cm³/mol. The molecule has 1 aromatic carbocycles. The van der Waals surface area contributed by atoms with Crippen LogP contribution in [0.15, 0.2) is 24.3 Å². The maximum atomic E-state index is 12.1. The van der Waals surface area contributed by atoms with E-state index in [2.05, 4.69) is 11.9 Å². The van der Waals surface area contributed by atoms with Crippen LogP contribution in [-0.4, -0.2) is 68.8 Å². The molecule has 1 heterocycles. The molecule has 0 aromatic heterocycles. The third kappa shape index (κ3) is 4.72. The smallest absolute Gasteiger partial charge is 0.260 e. The number of morpholine rings is 1. The molecule has 0 bridgehead atoms. The van der Waals surface area contributed by atoms with Gasteiger partial charge in [-0.1, -0.05) is 18.2 Å². The van der Waals surface area contributed by atoms with Gasteiger partial charge in [0.25, 0.3) is 5.91 Å². The first-order valence-electron chi connectivity index (χ1n) is 7.29. The Morgan fingerprint density at radius 3 is 2.95 bits per heavy atom. The van der Waals surface area contributed by atoms with E-state index in [9.17, 15) is 4.79 Å². The van der Waals surface area contributed by atoms with Crippen molar-refractivity contribution < 1.29 is 14.3 Å². The summed E-state index contributed by atoms with van der Waals surface area (Å²) < 4.78 is 11.3. The Morgan fingerprint density at radius 2 is 2.24 bits per heavy atom. The van der Waals surface area contributed by atoms with Gasteiger partial charge >= 0.3 is 0 Å². The Kier molecular flexibility index (Phi) is 5.59. The van der Waals surface area contributed by atoms with Gasteiger partial charge in [0.15, 0.2) is 6.61 Å². The third-order valence-electron chi connectivity index (χ3n) is 3.69. The molecule has 1 aliphatic rings. The SMILES string of the molecule is Cc1ccccc1OCC(=O)N(C)CC1CN(C)CCO1. The Morgan fingerprint density at radius 1 is 1.48 bits per heavy atom. The van der Waals surface area contributed by atoms with E-state index in [0.29, 0.717) is 6.54 Å². The van der Waals surface area contributed by atoms with E-state index < -0.39 is 0 Å². The van der Waals surface area contributed by atoms with E-state index >= 15 is 0 Å². The molecule has 1 amide bonds. The molecule has 5 nitrogen and oxygen atoms in total. The third-order valence-corrected chi connectivity index (χ3v) is 3.69. The van der Waals surface area contributed by atoms with Crippen molar-refractivity contribution in [3.8, 4) is 5.75 Å². The van der Waals surface area contributed by atoms with Crippen molar-refractivity contribution in [1.82, 2.24) is 9.80 Å². The van der Waals surface area contributed by atoms with Crippen LogP contribution in [0.3, 0.4) is 0 Å². The molecular weight excluding hydrogens is 268 g/mol. The summed E-state index contributed by atoms with van der Waals surface area (Å²) in [5.41, 5.74) is 1.03. The van der Waals surface area contributed by atoms with Crippen LogP contribution in [0.1, 0.15) is 5.56 Å². The highest BCUT2D eigenvalue weighted by Gasteiger charge is 2.21. The molecule has 21 heavy (non-hydrogen) atoms. The summed E-state index contributed by atoms with van der Waals surface area (Å²) in [6.07, 6.45) is 0.0798. The number of aryl methyl sites for hydroxylation is 1. The minimum absolute atomic E-state index is 0.0323. The molecule has 1 aliphatic heterocycles. The van der Waals surface area contributed by atoms with E-state index in [1.165, 1.54) is 0 Å². The topological polar surface area (TPSA) is 42.0 Å². The Labute approximate surface area is 126 Å². The van der Waals surface area contributed by atoms with Crippen LogP contribution in [0, 0.1) is 6.92 Å². The van der Waals surface area contributed by atoms with Crippen molar-refractivity contribution >= 4 is 5.91 Å². The Balaban J connectivity index is 1.78. The fraction of sp³-hybridized carbons (Fsp3) is 0.562. The molecule has 1 unspecified atom stereocenters. The van der Waals surface area contributed by atoms with Gasteiger partial charge in [-0.15, -0.1) is 0 Å². The predicted octanol–water partition coefficient (Wildman–Crippen LogP) is 1.16. The highest BCUT2D eigenvalue weighted by atomic mass is 16.5. The number of carbonyl (C=O) groups excluding carboxylic acids is 1.